The van der Waals surface area contributed by atoms with Crippen molar-refractivity contribution in [3.63, 3.8) is 0 Å². The molecular formula is C13H28N2O2. The van der Waals surface area contributed by atoms with Gasteiger partial charge in [0.15, 0.2) is 0 Å². The van der Waals surface area contributed by atoms with Gasteiger partial charge in [0, 0.05) is 19.6 Å². The third kappa shape index (κ3) is 9.12. The molecule has 4 nitrogen and oxygen atoms in total. The number of rotatable bonds is 10. The summed E-state index contributed by atoms with van der Waals surface area (Å²) in [5.74, 6) is 1.26. The monoisotopic (exact) mass is 244 g/mol. The molecule has 0 bridgehead atoms. The first-order chi connectivity index (χ1) is 8.11. The van der Waals surface area contributed by atoms with Crippen molar-refractivity contribution in [1.29, 1.82) is 0 Å². The molecule has 0 rings (SSSR count). The number of carbonyl (C=O) groups is 1. The molecule has 102 valence electrons. The zero-order chi connectivity index (χ0) is 13.1. The molecule has 0 aromatic heterocycles. The SMILES string of the molecule is CCOCCNC(=O)CCC(CCN)C(C)C. The summed E-state index contributed by atoms with van der Waals surface area (Å²) in [6.45, 7) is 8.92. The van der Waals surface area contributed by atoms with Gasteiger partial charge in [0.25, 0.3) is 0 Å². The summed E-state index contributed by atoms with van der Waals surface area (Å²) in [5.41, 5.74) is 5.57. The smallest absolute Gasteiger partial charge is 0.220 e. The Morgan fingerprint density at radius 2 is 2.06 bits per heavy atom. The quantitative estimate of drug-likeness (QED) is 0.573. The Kier molecular flexibility index (Phi) is 10.2. The van der Waals surface area contributed by atoms with E-state index in [4.69, 9.17) is 10.5 Å². The van der Waals surface area contributed by atoms with Crippen molar-refractivity contribution in [2.45, 2.75) is 40.0 Å². The molecule has 0 fully saturated rings. The van der Waals surface area contributed by atoms with Gasteiger partial charge in [-0.25, -0.2) is 0 Å². The normalized spacial score (nSPS) is 12.8. The minimum absolute atomic E-state index is 0.118. The summed E-state index contributed by atoms with van der Waals surface area (Å²) in [4.78, 5) is 11.5. The average Bonchev–Trinajstić information content (AvgIpc) is 2.29. The highest BCUT2D eigenvalue weighted by Gasteiger charge is 2.14. The number of amides is 1. The van der Waals surface area contributed by atoms with Crippen molar-refractivity contribution in [2.75, 3.05) is 26.3 Å². The van der Waals surface area contributed by atoms with Crippen LogP contribution in [0.3, 0.4) is 0 Å². The third-order valence-electron chi connectivity index (χ3n) is 3.00. The van der Waals surface area contributed by atoms with Crippen LogP contribution in [-0.4, -0.2) is 32.2 Å². The minimum Gasteiger partial charge on any atom is -0.380 e. The Morgan fingerprint density at radius 3 is 2.59 bits per heavy atom. The van der Waals surface area contributed by atoms with Gasteiger partial charge in [-0.3, -0.25) is 4.79 Å². The lowest BCUT2D eigenvalue weighted by Gasteiger charge is -2.19. The number of nitrogens with two attached hydrogens (primary N) is 1. The molecular weight excluding hydrogens is 216 g/mol. The van der Waals surface area contributed by atoms with Crippen LogP contribution in [-0.2, 0) is 9.53 Å². The van der Waals surface area contributed by atoms with Crippen molar-refractivity contribution in [3.8, 4) is 0 Å². The lowest BCUT2D eigenvalue weighted by molar-refractivity contribution is -0.121. The molecule has 0 radical (unpaired) electrons. The molecule has 4 heteroatoms. The first-order valence-electron chi connectivity index (χ1n) is 6.66. The molecule has 1 unspecified atom stereocenters. The summed E-state index contributed by atoms with van der Waals surface area (Å²) >= 11 is 0. The zero-order valence-corrected chi connectivity index (χ0v) is 11.5. The van der Waals surface area contributed by atoms with Gasteiger partial charge in [-0.15, -0.1) is 0 Å². The van der Waals surface area contributed by atoms with Crippen LogP contribution in [0.5, 0.6) is 0 Å². The molecule has 1 atom stereocenters. The molecule has 1 amide bonds. The Balaban J connectivity index is 3.65. The predicted molar refractivity (Wildman–Crippen MR) is 70.7 cm³/mol. The van der Waals surface area contributed by atoms with E-state index in [2.05, 4.69) is 19.2 Å². The van der Waals surface area contributed by atoms with Gasteiger partial charge in [0.2, 0.25) is 5.91 Å². The Hall–Kier alpha value is -0.610. The summed E-state index contributed by atoms with van der Waals surface area (Å²) in [6.07, 6.45) is 2.52. The molecule has 0 spiro atoms. The van der Waals surface area contributed by atoms with E-state index >= 15 is 0 Å². The number of ether oxygens (including phenoxy) is 1. The second-order valence-electron chi connectivity index (χ2n) is 4.67. The molecule has 0 aliphatic heterocycles. The van der Waals surface area contributed by atoms with Crippen LogP contribution in [0.2, 0.25) is 0 Å². The van der Waals surface area contributed by atoms with Gasteiger partial charge >= 0.3 is 0 Å². The molecule has 0 heterocycles. The van der Waals surface area contributed by atoms with E-state index in [1.54, 1.807) is 0 Å². The summed E-state index contributed by atoms with van der Waals surface area (Å²) < 4.78 is 5.16. The molecule has 0 saturated carbocycles. The van der Waals surface area contributed by atoms with Gasteiger partial charge in [-0.2, -0.15) is 0 Å². The second kappa shape index (κ2) is 10.5. The van der Waals surface area contributed by atoms with Crippen LogP contribution >= 0.6 is 0 Å². The minimum atomic E-state index is 0.118. The lowest BCUT2D eigenvalue weighted by atomic mass is 9.88. The maximum absolute atomic E-state index is 11.5. The molecule has 0 aromatic carbocycles. The molecule has 17 heavy (non-hydrogen) atoms. The van der Waals surface area contributed by atoms with Crippen molar-refractivity contribution in [2.24, 2.45) is 17.6 Å². The average molecular weight is 244 g/mol. The summed E-state index contributed by atoms with van der Waals surface area (Å²) in [6, 6.07) is 0. The number of carbonyl (C=O) groups excluding carboxylic acids is 1. The van der Waals surface area contributed by atoms with Crippen molar-refractivity contribution in [1.82, 2.24) is 5.32 Å². The highest BCUT2D eigenvalue weighted by molar-refractivity contribution is 5.75. The highest BCUT2D eigenvalue weighted by atomic mass is 16.5. The molecule has 0 aromatic rings. The van der Waals surface area contributed by atoms with Gasteiger partial charge in [-0.1, -0.05) is 13.8 Å². The van der Waals surface area contributed by atoms with E-state index in [0.29, 0.717) is 44.6 Å². The van der Waals surface area contributed by atoms with Crippen molar-refractivity contribution >= 4 is 5.91 Å². The van der Waals surface area contributed by atoms with E-state index in [-0.39, 0.29) is 5.91 Å². The maximum Gasteiger partial charge on any atom is 0.220 e. The molecule has 0 aliphatic rings. The van der Waals surface area contributed by atoms with E-state index in [9.17, 15) is 4.79 Å². The van der Waals surface area contributed by atoms with E-state index in [1.165, 1.54) is 0 Å². The van der Waals surface area contributed by atoms with Crippen molar-refractivity contribution < 1.29 is 9.53 Å². The Labute approximate surface area is 105 Å². The molecule has 0 aliphatic carbocycles. The van der Waals surface area contributed by atoms with Gasteiger partial charge < -0.3 is 15.8 Å². The third-order valence-corrected chi connectivity index (χ3v) is 3.00. The molecule has 3 N–H and O–H groups in total. The van der Waals surface area contributed by atoms with Crippen LogP contribution in [0.25, 0.3) is 0 Å². The van der Waals surface area contributed by atoms with Crippen LogP contribution < -0.4 is 11.1 Å². The summed E-state index contributed by atoms with van der Waals surface area (Å²) in [7, 11) is 0. The van der Waals surface area contributed by atoms with Gasteiger partial charge in [0.05, 0.1) is 6.61 Å². The standard InChI is InChI=1S/C13H28N2O2/c1-4-17-10-9-15-13(16)6-5-12(7-8-14)11(2)3/h11-12H,4-10,14H2,1-3H3,(H,15,16). The van der Waals surface area contributed by atoms with Gasteiger partial charge in [0.1, 0.15) is 0 Å². The predicted octanol–water partition coefficient (Wildman–Crippen LogP) is 1.54. The van der Waals surface area contributed by atoms with Gasteiger partial charge in [-0.05, 0) is 38.1 Å². The Morgan fingerprint density at radius 1 is 1.35 bits per heavy atom. The fraction of sp³-hybridized carbons (Fsp3) is 0.923. The van der Waals surface area contributed by atoms with Crippen LogP contribution in [0.15, 0.2) is 0 Å². The van der Waals surface area contributed by atoms with E-state index < -0.39 is 0 Å². The van der Waals surface area contributed by atoms with E-state index in [0.717, 1.165) is 12.8 Å². The van der Waals surface area contributed by atoms with Crippen molar-refractivity contribution in [3.05, 3.63) is 0 Å². The maximum atomic E-state index is 11.5. The van der Waals surface area contributed by atoms with Crippen LogP contribution in [0.4, 0.5) is 0 Å². The zero-order valence-electron chi connectivity index (χ0n) is 11.5. The Bertz CT molecular complexity index is 196. The fourth-order valence-corrected chi connectivity index (χ4v) is 1.84. The second-order valence-corrected chi connectivity index (χ2v) is 4.67. The topological polar surface area (TPSA) is 64.3 Å². The molecule has 0 saturated heterocycles. The number of nitrogens with one attached hydrogen (secondary N) is 1. The fourth-order valence-electron chi connectivity index (χ4n) is 1.84. The number of hydrogen-bond acceptors (Lipinski definition) is 3. The number of hydrogen-bond donors (Lipinski definition) is 2. The van der Waals surface area contributed by atoms with E-state index in [1.807, 2.05) is 6.92 Å². The first kappa shape index (κ1) is 16.4. The first-order valence-corrected chi connectivity index (χ1v) is 6.66. The van der Waals surface area contributed by atoms with Crippen LogP contribution in [0.1, 0.15) is 40.0 Å². The van der Waals surface area contributed by atoms with Crippen LogP contribution in [0, 0.1) is 11.8 Å². The highest BCUT2D eigenvalue weighted by Crippen LogP contribution is 2.20. The summed E-state index contributed by atoms with van der Waals surface area (Å²) in [5, 5.41) is 2.86. The largest absolute Gasteiger partial charge is 0.380 e. The lowest BCUT2D eigenvalue weighted by Crippen LogP contribution is -2.28.